The van der Waals surface area contributed by atoms with Gasteiger partial charge in [-0.2, -0.15) is 0 Å². The Morgan fingerprint density at radius 2 is 2.38 bits per heavy atom. The zero-order valence-electron chi connectivity index (χ0n) is 6.71. The van der Waals surface area contributed by atoms with E-state index in [0.29, 0.717) is 4.47 Å². The van der Waals surface area contributed by atoms with E-state index in [4.69, 9.17) is 16.3 Å². The molecule has 0 saturated heterocycles. The number of ether oxygens (including phenoxy) is 1. The molecule has 1 aliphatic rings. The van der Waals surface area contributed by atoms with Gasteiger partial charge in [-0.1, -0.05) is 11.6 Å². The molecule has 0 N–H and O–H groups in total. The van der Waals surface area contributed by atoms with Crippen LogP contribution in [0.4, 0.5) is 0 Å². The minimum atomic E-state index is 0.596. The minimum Gasteiger partial charge on any atom is -0.493 e. The van der Waals surface area contributed by atoms with Crippen molar-refractivity contribution in [2.75, 3.05) is 6.61 Å². The van der Waals surface area contributed by atoms with Gasteiger partial charge in [0.15, 0.2) is 4.47 Å². The molecule has 2 aromatic rings. The molecular weight excluding hydrogens is 206 g/mol. The first kappa shape index (κ1) is 7.59. The van der Waals surface area contributed by atoms with Gasteiger partial charge in [0.25, 0.3) is 0 Å². The third-order valence-corrected chi connectivity index (χ3v) is 3.30. The zero-order valence-corrected chi connectivity index (χ0v) is 8.28. The Balaban J connectivity index is 2.35. The van der Waals surface area contributed by atoms with Crippen molar-refractivity contribution in [3.8, 4) is 5.75 Å². The summed E-state index contributed by atoms with van der Waals surface area (Å²) < 4.78 is 7.15. The van der Waals surface area contributed by atoms with Crippen molar-refractivity contribution in [2.24, 2.45) is 0 Å². The summed E-state index contributed by atoms with van der Waals surface area (Å²) in [4.78, 5) is 4.22. The van der Waals surface area contributed by atoms with Crippen molar-refractivity contribution in [1.82, 2.24) is 4.98 Å². The number of thiazole rings is 1. The smallest absolute Gasteiger partial charge is 0.184 e. The highest BCUT2D eigenvalue weighted by molar-refractivity contribution is 7.22. The van der Waals surface area contributed by atoms with Crippen molar-refractivity contribution in [1.29, 1.82) is 0 Å². The first-order valence-electron chi connectivity index (χ1n) is 4.05. The molecule has 1 aromatic carbocycles. The standard InChI is InChI=1S/C9H6ClNOS/c10-9-11-6-3-5-1-2-12-7(5)4-8(6)13-9/h3-4H,1-2H2. The Morgan fingerprint density at radius 1 is 1.46 bits per heavy atom. The van der Waals surface area contributed by atoms with E-state index >= 15 is 0 Å². The largest absolute Gasteiger partial charge is 0.493 e. The molecule has 0 amide bonds. The first-order chi connectivity index (χ1) is 6.33. The normalized spacial score (nSPS) is 14.5. The zero-order chi connectivity index (χ0) is 8.84. The third-order valence-electron chi connectivity index (χ3n) is 2.17. The molecule has 2 nitrogen and oxygen atoms in total. The number of aromatic nitrogens is 1. The molecule has 0 aliphatic carbocycles. The summed E-state index contributed by atoms with van der Waals surface area (Å²) in [6.45, 7) is 0.792. The van der Waals surface area contributed by atoms with Gasteiger partial charge in [0, 0.05) is 6.42 Å². The predicted octanol–water partition coefficient (Wildman–Crippen LogP) is 2.88. The van der Waals surface area contributed by atoms with Gasteiger partial charge >= 0.3 is 0 Å². The second kappa shape index (κ2) is 2.59. The highest BCUT2D eigenvalue weighted by Gasteiger charge is 2.14. The van der Waals surface area contributed by atoms with Crippen LogP contribution in [0, 0.1) is 0 Å². The number of fused-ring (bicyclic) bond motifs is 2. The van der Waals surface area contributed by atoms with Crippen molar-refractivity contribution in [2.45, 2.75) is 6.42 Å². The number of benzene rings is 1. The van der Waals surface area contributed by atoms with E-state index in [-0.39, 0.29) is 0 Å². The Labute approximate surface area is 84.1 Å². The number of halogens is 1. The molecule has 3 rings (SSSR count). The van der Waals surface area contributed by atoms with E-state index in [0.717, 1.165) is 29.0 Å². The van der Waals surface area contributed by atoms with E-state index in [1.165, 1.54) is 16.9 Å². The lowest BCUT2D eigenvalue weighted by molar-refractivity contribution is 0.357. The van der Waals surface area contributed by atoms with Gasteiger partial charge in [-0.3, -0.25) is 0 Å². The maximum absolute atomic E-state index is 5.82. The van der Waals surface area contributed by atoms with Gasteiger partial charge < -0.3 is 4.74 Å². The molecular formula is C9H6ClNOS. The minimum absolute atomic E-state index is 0.596. The molecule has 4 heteroatoms. The maximum Gasteiger partial charge on any atom is 0.184 e. The summed E-state index contributed by atoms with van der Waals surface area (Å²) in [5, 5.41) is 0. The molecule has 0 atom stereocenters. The second-order valence-electron chi connectivity index (χ2n) is 2.99. The first-order valence-corrected chi connectivity index (χ1v) is 5.24. The highest BCUT2D eigenvalue weighted by atomic mass is 35.5. The third kappa shape index (κ3) is 1.11. The summed E-state index contributed by atoms with van der Waals surface area (Å²) in [5.74, 6) is 0.993. The fourth-order valence-corrected chi connectivity index (χ4v) is 2.61. The fraction of sp³-hybridized carbons (Fsp3) is 0.222. The Morgan fingerprint density at radius 3 is 3.31 bits per heavy atom. The van der Waals surface area contributed by atoms with Crippen molar-refractivity contribution >= 4 is 33.2 Å². The lowest BCUT2D eigenvalue weighted by atomic mass is 10.1. The van der Waals surface area contributed by atoms with E-state index in [2.05, 4.69) is 11.1 Å². The van der Waals surface area contributed by atoms with Gasteiger partial charge in [-0.25, -0.2) is 4.98 Å². The number of hydrogen-bond donors (Lipinski definition) is 0. The lowest BCUT2D eigenvalue weighted by Crippen LogP contribution is -1.85. The summed E-state index contributed by atoms with van der Waals surface area (Å²) in [5.41, 5.74) is 2.23. The molecule has 2 heterocycles. The summed E-state index contributed by atoms with van der Waals surface area (Å²) in [6, 6.07) is 4.10. The number of hydrogen-bond acceptors (Lipinski definition) is 3. The second-order valence-corrected chi connectivity index (χ2v) is 4.61. The van der Waals surface area contributed by atoms with Crippen LogP contribution in [0.1, 0.15) is 5.56 Å². The van der Waals surface area contributed by atoms with Crippen LogP contribution in [0.3, 0.4) is 0 Å². The monoisotopic (exact) mass is 211 g/mol. The van der Waals surface area contributed by atoms with Crippen LogP contribution in [0.2, 0.25) is 4.47 Å². The van der Waals surface area contributed by atoms with Gasteiger partial charge in [-0.15, -0.1) is 11.3 Å². The topological polar surface area (TPSA) is 22.1 Å². The molecule has 0 radical (unpaired) electrons. The van der Waals surface area contributed by atoms with Crippen molar-refractivity contribution in [3.63, 3.8) is 0 Å². The van der Waals surface area contributed by atoms with Crippen LogP contribution in [0.15, 0.2) is 12.1 Å². The van der Waals surface area contributed by atoms with Gasteiger partial charge in [0.2, 0.25) is 0 Å². The molecule has 0 spiro atoms. The molecule has 13 heavy (non-hydrogen) atoms. The summed E-state index contributed by atoms with van der Waals surface area (Å²) in [7, 11) is 0. The molecule has 0 bridgehead atoms. The average Bonchev–Trinajstić information content (AvgIpc) is 2.63. The lowest BCUT2D eigenvalue weighted by Gasteiger charge is -1.96. The summed E-state index contributed by atoms with van der Waals surface area (Å²) in [6.07, 6.45) is 0.987. The van der Waals surface area contributed by atoms with Crippen LogP contribution in [0.25, 0.3) is 10.2 Å². The molecule has 66 valence electrons. The van der Waals surface area contributed by atoms with Crippen LogP contribution >= 0.6 is 22.9 Å². The summed E-state index contributed by atoms with van der Waals surface area (Å²) >= 11 is 7.31. The Hall–Kier alpha value is -0.800. The van der Waals surface area contributed by atoms with E-state index < -0.39 is 0 Å². The number of rotatable bonds is 0. The molecule has 1 aliphatic heterocycles. The van der Waals surface area contributed by atoms with Crippen molar-refractivity contribution in [3.05, 3.63) is 22.2 Å². The fourth-order valence-electron chi connectivity index (χ4n) is 1.57. The Kier molecular flexibility index (Phi) is 1.51. The van der Waals surface area contributed by atoms with E-state index in [1.807, 2.05) is 6.07 Å². The predicted molar refractivity (Wildman–Crippen MR) is 53.8 cm³/mol. The SMILES string of the molecule is Clc1nc2cc3c(cc2s1)OCC3. The van der Waals surface area contributed by atoms with Gasteiger partial charge in [-0.05, 0) is 17.7 Å². The van der Waals surface area contributed by atoms with Gasteiger partial charge in [0.1, 0.15) is 5.75 Å². The van der Waals surface area contributed by atoms with Crippen molar-refractivity contribution < 1.29 is 4.74 Å². The molecule has 0 fully saturated rings. The Bertz CT molecular complexity index is 439. The van der Waals surface area contributed by atoms with Gasteiger partial charge in [0.05, 0.1) is 16.8 Å². The average molecular weight is 212 g/mol. The highest BCUT2D eigenvalue weighted by Crippen LogP contribution is 2.34. The molecule has 0 unspecified atom stereocenters. The van der Waals surface area contributed by atoms with E-state index in [9.17, 15) is 0 Å². The quantitative estimate of drug-likeness (QED) is 0.669. The van der Waals surface area contributed by atoms with Crippen LogP contribution in [-0.2, 0) is 6.42 Å². The number of nitrogens with zero attached hydrogens (tertiary/aromatic N) is 1. The molecule has 1 aromatic heterocycles. The van der Waals surface area contributed by atoms with Crippen LogP contribution in [0.5, 0.6) is 5.75 Å². The van der Waals surface area contributed by atoms with E-state index in [1.54, 1.807) is 0 Å². The molecule has 0 saturated carbocycles. The van der Waals surface area contributed by atoms with Crippen LogP contribution < -0.4 is 4.74 Å². The van der Waals surface area contributed by atoms with Crippen LogP contribution in [-0.4, -0.2) is 11.6 Å². The maximum atomic E-state index is 5.82.